The Morgan fingerprint density at radius 2 is 1.49 bits per heavy atom. The van der Waals surface area contributed by atoms with Crippen molar-refractivity contribution in [3.8, 4) is 17.2 Å². The molecule has 0 unspecified atom stereocenters. The summed E-state index contributed by atoms with van der Waals surface area (Å²) in [5, 5.41) is 0.326. The molecule has 0 bridgehead atoms. The van der Waals surface area contributed by atoms with Gasteiger partial charge in [0.2, 0.25) is 5.43 Å². The van der Waals surface area contributed by atoms with Crippen LogP contribution in [0.25, 0.3) is 16.6 Å². The van der Waals surface area contributed by atoms with Crippen molar-refractivity contribution in [3.05, 3.63) is 94.3 Å². The monoisotopic (exact) mass is 767 g/mol. The molecule has 0 atom stereocenters. The van der Waals surface area contributed by atoms with Crippen LogP contribution in [0.4, 0.5) is 14.5 Å². The molecule has 2 heterocycles. The van der Waals surface area contributed by atoms with Crippen LogP contribution >= 0.6 is 0 Å². The summed E-state index contributed by atoms with van der Waals surface area (Å²) < 4.78 is 43.4. The van der Waals surface area contributed by atoms with Crippen LogP contribution in [0.5, 0.6) is 11.5 Å². The standard InChI is InChI=1S/C41H52F2N3O4.BrH/c1-4-6-23-49-35-17-15-16-33(28-35)45-30-38(41(48)44(5-2)34-26-31(42)25-32(43)27-34)40(47)37-19-18-36(29-39(37)45)50-24-14-9-7-8-11-20-46(3)21-12-10-13-22-46;/h15-19,25-30H,4-14,20-24H2,1-3H3;1H/q+1;/p-1. The van der Waals surface area contributed by atoms with E-state index in [2.05, 4.69) is 14.0 Å². The van der Waals surface area contributed by atoms with Crippen LogP contribution in [0, 0.1) is 11.6 Å². The minimum atomic E-state index is -0.807. The maximum atomic E-state index is 14.1. The van der Waals surface area contributed by atoms with Crippen molar-refractivity contribution in [1.82, 2.24) is 4.57 Å². The average Bonchev–Trinajstić information content (AvgIpc) is 3.10. The number of unbranched alkanes of at least 4 members (excludes halogenated alkanes) is 5. The largest absolute Gasteiger partial charge is 1.00 e. The van der Waals surface area contributed by atoms with Gasteiger partial charge in [-0.1, -0.05) is 32.3 Å². The zero-order chi connectivity index (χ0) is 35.5. The maximum absolute atomic E-state index is 14.1. The molecule has 4 aromatic rings. The van der Waals surface area contributed by atoms with E-state index in [0.717, 1.165) is 43.9 Å². The highest BCUT2D eigenvalue weighted by Crippen LogP contribution is 2.27. The van der Waals surface area contributed by atoms with Crippen LogP contribution in [0.2, 0.25) is 0 Å². The SMILES string of the molecule is CCCCOc1cccc(-n2cc(C(=O)N(CC)c3cc(F)cc(F)c3)c(=O)c3ccc(OCCCCCCC[N+]4(C)CCCCC4)cc32)c1.[Br-]. The zero-order valence-corrected chi connectivity index (χ0v) is 31.9. The quantitative estimate of drug-likeness (QED) is 0.0967. The number of hydrogen-bond acceptors (Lipinski definition) is 4. The summed E-state index contributed by atoms with van der Waals surface area (Å²) >= 11 is 0. The van der Waals surface area contributed by atoms with E-state index >= 15 is 0 Å². The number of piperidine rings is 1. The maximum Gasteiger partial charge on any atom is 0.263 e. The lowest BCUT2D eigenvalue weighted by molar-refractivity contribution is -0.914. The van der Waals surface area contributed by atoms with E-state index in [0.29, 0.717) is 41.3 Å². The van der Waals surface area contributed by atoms with Gasteiger partial charge in [0, 0.05) is 47.7 Å². The number of benzene rings is 3. The molecule has 1 aliphatic heterocycles. The highest BCUT2D eigenvalue weighted by Gasteiger charge is 2.25. The van der Waals surface area contributed by atoms with Crippen molar-refractivity contribution < 1.29 is 44.5 Å². The van der Waals surface area contributed by atoms with E-state index in [4.69, 9.17) is 9.47 Å². The lowest BCUT2D eigenvalue weighted by Crippen LogP contribution is -3.00. The smallest absolute Gasteiger partial charge is 0.263 e. The number of rotatable bonds is 17. The Kier molecular flexibility index (Phi) is 15.1. The van der Waals surface area contributed by atoms with Gasteiger partial charge in [0.15, 0.2) is 0 Å². The number of amides is 1. The van der Waals surface area contributed by atoms with E-state index in [1.807, 2.05) is 30.3 Å². The number of pyridine rings is 1. The second-order valence-corrected chi connectivity index (χ2v) is 13.8. The Labute approximate surface area is 311 Å². The highest BCUT2D eigenvalue weighted by atomic mass is 79.9. The topological polar surface area (TPSA) is 60.8 Å². The number of carbonyl (C=O) groups is 1. The van der Waals surface area contributed by atoms with Crippen molar-refractivity contribution in [2.45, 2.75) is 78.1 Å². The van der Waals surface area contributed by atoms with Crippen LogP contribution in [-0.2, 0) is 0 Å². The summed E-state index contributed by atoms with van der Waals surface area (Å²) in [6.07, 6.45) is 13.2. The molecule has 0 spiro atoms. The van der Waals surface area contributed by atoms with E-state index in [1.165, 1.54) is 73.7 Å². The zero-order valence-electron chi connectivity index (χ0n) is 30.3. The molecular weight excluding hydrogens is 716 g/mol. The van der Waals surface area contributed by atoms with E-state index < -0.39 is 23.0 Å². The van der Waals surface area contributed by atoms with Crippen molar-refractivity contribution in [3.63, 3.8) is 0 Å². The summed E-state index contributed by atoms with van der Waals surface area (Å²) in [5.74, 6) is -0.968. The van der Waals surface area contributed by atoms with Gasteiger partial charge in [-0.15, -0.1) is 0 Å². The van der Waals surface area contributed by atoms with Gasteiger partial charge in [-0.05, 0) is 88.3 Å². The number of ether oxygens (including phenoxy) is 2. The molecule has 1 aromatic heterocycles. The third kappa shape index (κ3) is 10.6. The van der Waals surface area contributed by atoms with Gasteiger partial charge in [0.25, 0.3) is 5.91 Å². The number of hydrogen-bond donors (Lipinski definition) is 0. The molecule has 276 valence electrons. The van der Waals surface area contributed by atoms with Crippen LogP contribution in [0.15, 0.2) is 71.7 Å². The minimum absolute atomic E-state index is 0. The first-order chi connectivity index (χ1) is 24.2. The van der Waals surface area contributed by atoms with Crippen LogP contribution < -0.4 is 36.8 Å². The summed E-state index contributed by atoms with van der Waals surface area (Å²) in [4.78, 5) is 29.1. The molecular formula is C41H52BrF2N3O4. The third-order valence-corrected chi connectivity index (χ3v) is 9.80. The summed E-state index contributed by atoms with van der Waals surface area (Å²) in [6, 6.07) is 15.7. The molecule has 3 aromatic carbocycles. The van der Waals surface area contributed by atoms with Gasteiger partial charge < -0.3 is 40.4 Å². The molecule has 1 saturated heterocycles. The Hall–Kier alpha value is -3.76. The predicted molar refractivity (Wildman–Crippen MR) is 197 cm³/mol. The van der Waals surface area contributed by atoms with Gasteiger partial charge in [0.1, 0.15) is 28.7 Å². The number of fused-ring (bicyclic) bond motifs is 1. The van der Waals surface area contributed by atoms with Crippen molar-refractivity contribution in [2.75, 3.05) is 51.3 Å². The molecule has 1 amide bonds. The molecule has 5 rings (SSSR count). The first kappa shape index (κ1) is 40.0. The lowest BCUT2D eigenvalue weighted by atomic mass is 10.1. The Bertz CT molecular complexity index is 1790. The van der Waals surface area contributed by atoms with Gasteiger partial charge in [-0.25, -0.2) is 8.78 Å². The van der Waals surface area contributed by atoms with E-state index in [9.17, 15) is 18.4 Å². The number of anilines is 1. The molecule has 0 saturated carbocycles. The molecule has 0 aliphatic carbocycles. The minimum Gasteiger partial charge on any atom is -1.00 e. The first-order valence-corrected chi connectivity index (χ1v) is 18.4. The fraction of sp³-hybridized carbons (Fsp3) is 0.463. The van der Waals surface area contributed by atoms with Crippen LogP contribution in [-0.4, -0.2) is 61.4 Å². The number of carbonyl (C=O) groups excluding carboxylic acids is 1. The second-order valence-electron chi connectivity index (χ2n) is 13.8. The number of aromatic nitrogens is 1. The number of quaternary nitrogens is 1. The van der Waals surface area contributed by atoms with E-state index in [1.54, 1.807) is 23.6 Å². The van der Waals surface area contributed by atoms with Gasteiger partial charge >= 0.3 is 0 Å². The molecule has 1 aliphatic rings. The normalized spacial score (nSPS) is 13.8. The number of halogens is 3. The Morgan fingerprint density at radius 3 is 2.20 bits per heavy atom. The van der Waals surface area contributed by atoms with Crippen molar-refractivity contribution in [2.24, 2.45) is 0 Å². The van der Waals surface area contributed by atoms with Crippen LogP contribution in [0.3, 0.4) is 0 Å². The fourth-order valence-electron chi connectivity index (χ4n) is 6.92. The molecule has 1 fully saturated rings. The van der Waals surface area contributed by atoms with Crippen molar-refractivity contribution in [1.29, 1.82) is 0 Å². The summed E-state index contributed by atoms with van der Waals surface area (Å²) in [7, 11) is 2.40. The summed E-state index contributed by atoms with van der Waals surface area (Å²) in [5.41, 5.74) is 0.707. The number of likely N-dealkylation sites (tertiary alicyclic amines) is 1. The Balaban J connectivity index is 0.00000583. The average molecular weight is 769 g/mol. The molecule has 51 heavy (non-hydrogen) atoms. The van der Waals surface area contributed by atoms with E-state index in [-0.39, 0.29) is 34.8 Å². The molecule has 0 N–H and O–H groups in total. The lowest BCUT2D eigenvalue weighted by Gasteiger charge is -2.37. The second kappa shape index (κ2) is 19.2. The third-order valence-electron chi connectivity index (χ3n) is 9.80. The van der Waals surface area contributed by atoms with Gasteiger partial charge in [0.05, 0.1) is 45.4 Å². The number of nitrogens with zero attached hydrogens (tertiary/aromatic N) is 3. The summed E-state index contributed by atoms with van der Waals surface area (Å²) in [6.45, 7) is 8.94. The van der Waals surface area contributed by atoms with Gasteiger partial charge in [-0.2, -0.15) is 0 Å². The highest BCUT2D eigenvalue weighted by molar-refractivity contribution is 6.07. The fourth-order valence-corrected chi connectivity index (χ4v) is 6.92. The van der Waals surface area contributed by atoms with Crippen LogP contribution in [0.1, 0.15) is 88.4 Å². The van der Waals surface area contributed by atoms with Crippen molar-refractivity contribution >= 4 is 22.5 Å². The molecule has 10 heteroatoms. The Morgan fingerprint density at radius 1 is 0.824 bits per heavy atom. The molecule has 7 nitrogen and oxygen atoms in total. The first-order valence-electron chi connectivity index (χ1n) is 18.4. The van der Waals surface area contributed by atoms with Gasteiger partial charge in [-0.3, -0.25) is 9.59 Å². The molecule has 0 radical (unpaired) electrons. The predicted octanol–water partition coefficient (Wildman–Crippen LogP) is 6.08.